The van der Waals surface area contributed by atoms with Crippen molar-refractivity contribution in [3.05, 3.63) is 24.3 Å². The highest BCUT2D eigenvalue weighted by atomic mass is 32.1. The maximum atomic E-state index is 10.2. The van der Waals surface area contributed by atoms with Crippen molar-refractivity contribution in [2.24, 2.45) is 0 Å². The first kappa shape index (κ1) is 9.92. The Balaban J connectivity index is 2.05. The van der Waals surface area contributed by atoms with Crippen LogP contribution in [-0.2, 0) is 4.79 Å². The zero-order chi connectivity index (χ0) is 10.7. The van der Waals surface area contributed by atoms with Gasteiger partial charge >= 0.3 is 0 Å². The molecule has 1 heterocycles. The summed E-state index contributed by atoms with van der Waals surface area (Å²) in [6.07, 6.45) is -0.00404. The Morgan fingerprint density at radius 3 is 3.00 bits per heavy atom. The molecule has 0 aliphatic rings. The number of nitrogens with zero attached hydrogens (tertiary/aromatic N) is 1. The van der Waals surface area contributed by atoms with Crippen LogP contribution in [-0.4, -0.2) is 17.5 Å². The van der Waals surface area contributed by atoms with Gasteiger partial charge in [0, 0.05) is 18.9 Å². The van der Waals surface area contributed by atoms with Gasteiger partial charge in [-0.05, 0) is 12.1 Å². The van der Waals surface area contributed by atoms with Gasteiger partial charge in [-0.3, -0.25) is 0 Å². The second kappa shape index (κ2) is 4.27. The number of carboxylic acid groups (broad SMARTS) is 1. The second-order valence-electron chi connectivity index (χ2n) is 3.04. The van der Waals surface area contributed by atoms with E-state index in [1.807, 2.05) is 24.3 Å². The number of anilines is 1. The fraction of sp³-hybridized carbons (Fsp3) is 0.200. The minimum Gasteiger partial charge on any atom is -0.550 e. The number of carbonyl (C=O) groups is 1. The van der Waals surface area contributed by atoms with Gasteiger partial charge in [0.25, 0.3) is 0 Å². The van der Waals surface area contributed by atoms with Crippen LogP contribution in [0.5, 0.6) is 0 Å². The minimum absolute atomic E-state index is 0.00404. The summed E-state index contributed by atoms with van der Waals surface area (Å²) in [6, 6.07) is 7.78. The standard InChI is InChI=1S/C10H10N2O2S/c13-9(14)5-6-11-10-12-7-3-1-2-4-8(7)15-10/h1-4H,5-6H2,(H,11,12)(H,13,14)/p-1. The van der Waals surface area contributed by atoms with Crippen LogP contribution in [0.25, 0.3) is 10.2 Å². The molecule has 0 aliphatic carbocycles. The number of thiazole rings is 1. The molecule has 4 nitrogen and oxygen atoms in total. The molecule has 0 radical (unpaired) electrons. The molecule has 1 aromatic carbocycles. The predicted octanol–water partition coefficient (Wildman–Crippen LogP) is 0.848. The highest BCUT2D eigenvalue weighted by Crippen LogP contribution is 2.24. The summed E-state index contributed by atoms with van der Waals surface area (Å²) in [4.78, 5) is 14.5. The molecule has 0 bridgehead atoms. The number of aromatic nitrogens is 1. The van der Waals surface area contributed by atoms with Gasteiger partial charge in [0.1, 0.15) is 0 Å². The van der Waals surface area contributed by atoms with Crippen LogP contribution in [0.3, 0.4) is 0 Å². The number of carbonyl (C=O) groups excluding carboxylic acids is 1. The Morgan fingerprint density at radius 1 is 1.47 bits per heavy atom. The normalized spacial score (nSPS) is 10.4. The summed E-state index contributed by atoms with van der Waals surface area (Å²) in [5.74, 6) is -1.05. The molecular formula is C10H9N2O2S-. The molecule has 78 valence electrons. The van der Waals surface area contributed by atoms with Gasteiger partial charge in [0.2, 0.25) is 0 Å². The van der Waals surface area contributed by atoms with E-state index in [4.69, 9.17) is 0 Å². The number of fused-ring (bicyclic) bond motifs is 1. The van der Waals surface area contributed by atoms with Crippen molar-refractivity contribution in [1.29, 1.82) is 0 Å². The van der Waals surface area contributed by atoms with E-state index in [0.29, 0.717) is 6.54 Å². The van der Waals surface area contributed by atoms with Crippen molar-refractivity contribution < 1.29 is 9.90 Å². The van der Waals surface area contributed by atoms with Crippen LogP contribution in [0, 0.1) is 0 Å². The van der Waals surface area contributed by atoms with Gasteiger partial charge in [-0.15, -0.1) is 0 Å². The van der Waals surface area contributed by atoms with Crippen LogP contribution in [0.2, 0.25) is 0 Å². The molecule has 1 aromatic heterocycles. The largest absolute Gasteiger partial charge is 0.550 e. The number of hydrogen-bond donors (Lipinski definition) is 1. The number of nitrogens with one attached hydrogen (secondary N) is 1. The van der Waals surface area contributed by atoms with Gasteiger partial charge in [-0.25, -0.2) is 4.98 Å². The predicted molar refractivity (Wildman–Crippen MR) is 57.7 cm³/mol. The fourth-order valence-electron chi connectivity index (χ4n) is 1.22. The van der Waals surface area contributed by atoms with Crippen molar-refractivity contribution in [2.45, 2.75) is 6.42 Å². The minimum atomic E-state index is -1.05. The average Bonchev–Trinajstić information content (AvgIpc) is 2.59. The van der Waals surface area contributed by atoms with Crippen molar-refractivity contribution in [3.63, 3.8) is 0 Å². The number of para-hydroxylation sites is 1. The molecule has 0 fully saturated rings. The SMILES string of the molecule is O=C([O-])CCNc1nc2ccccc2s1. The van der Waals surface area contributed by atoms with Gasteiger partial charge in [0.15, 0.2) is 5.13 Å². The van der Waals surface area contributed by atoms with E-state index in [9.17, 15) is 9.90 Å². The molecule has 0 unspecified atom stereocenters. The monoisotopic (exact) mass is 221 g/mol. The van der Waals surface area contributed by atoms with E-state index < -0.39 is 5.97 Å². The average molecular weight is 221 g/mol. The number of aliphatic carboxylic acids is 1. The van der Waals surface area contributed by atoms with E-state index >= 15 is 0 Å². The molecule has 15 heavy (non-hydrogen) atoms. The number of hydrogen-bond acceptors (Lipinski definition) is 5. The Kier molecular flexibility index (Phi) is 2.82. The molecule has 0 aliphatic heterocycles. The summed E-state index contributed by atoms with van der Waals surface area (Å²) < 4.78 is 1.09. The third kappa shape index (κ3) is 2.44. The zero-order valence-corrected chi connectivity index (χ0v) is 8.71. The molecule has 2 aromatic rings. The van der Waals surface area contributed by atoms with Crippen molar-refractivity contribution in [2.75, 3.05) is 11.9 Å². The van der Waals surface area contributed by atoms with Crippen LogP contribution in [0.1, 0.15) is 6.42 Å². The molecule has 5 heteroatoms. The Labute approximate surface area is 90.6 Å². The highest BCUT2D eigenvalue weighted by molar-refractivity contribution is 7.22. The quantitative estimate of drug-likeness (QED) is 0.831. The first-order valence-electron chi connectivity index (χ1n) is 4.55. The van der Waals surface area contributed by atoms with Gasteiger partial charge < -0.3 is 15.2 Å². The van der Waals surface area contributed by atoms with Crippen molar-refractivity contribution in [3.8, 4) is 0 Å². The summed E-state index contributed by atoms with van der Waals surface area (Å²) in [5, 5.41) is 13.9. The van der Waals surface area contributed by atoms with E-state index in [-0.39, 0.29) is 6.42 Å². The molecule has 0 spiro atoms. The van der Waals surface area contributed by atoms with Crippen LogP contribution < -0.4 is 10.4 Å². The van der Waals surface area contributed by atoms with E-state index in [1.165, 1.54) is 11.3 Å². The number of benzene rings is 1. The number of carboxylic acids is 1. The second-order valence-corrected chi connectivity index (χ2v) is 4.07. The lowest BCUT2D eigenvalue weighted by atomic mass is 10.3. The topological polar surface area (TPSA) is 65.0 Å². The molecular weight excluding hydrogens is 212 g/mol. The third-order valence-corrected chi connectivity index (χ3v) is 2.89. The fourth-order valence-corrected chi connectivity index (χ4v) is 2.11. The third-order valence-electron chi connectivity index (χ3n) is 1.90. The lowest BCUT2D eigenvalue weighted by Crippen LogP contribution is -2.24. The van der Waals surface area contributed by atoms with Gasteiger partial charge in [-0.2, -0.15) is 0 Å². The van der Waals surface area contributed by atoms with Crippen molar-refractivity contribution >= 4 is 32.7 Å². The molecule has 1 N–H and O–H groups in total. The highest BCUT2D eigenvalue weighted by Gasteiger charge is 2.01. The van der Waals surface area contributed by atoms with E-state index in [2.05, 4.69) is 10.3 Å². The van der Waals surface area contributed by atoms with Gasteiger partial charge in [-0.1, -0.05) is 23.5 Å². The van der Waals surface area contributed by atoms with Crippen LogP contribution >= 0.6 is 11.3 Å². The van der Waals surface area contributed by atoms with E-state index in [0.717, 1.165) is 15.3 Å². The lowest BCUT2D eigenvalue weighted by Gasteiger charge is -2.01. The smallest absolute Gasteiger partial charge is 0.183 e. The Hall–Kier alpha value is -1.62. The summed E-state index contributed by atoms with van der Waals surface area (Å²) in [6.45, 7) is 0.349. The Morgan fingerprint density at radius 2 is 2.27 bits per heavy atom. The molecule has 0 amide bonds. The summed E-state index contributed by atoms with van der Waals surface area (Å²) in [7, 11) is 0. The molecule has 0 saturated heterocycles. The van der Waals surface area contributed by atoms with Gasteiger partial charge in [0.05, 0.1) is 10.2 Å². The molecule has 0 atom stereocenters. The van der Waals surface area contributed by atoms with Crippen LogP contribution in [0.15, 0.2) is 24.3 Å². The molecule has 2 rings (SSSR count). The molecule has 0 saturated carbocycles. The maximum absolute atomic E-state index is 10.2. The first-order valence-corrected chi connectivity index (χ1v) is 5.36. The van der Waals surface area contributed by atoms with Crippen molar-refractivity contribution in [1.82, 2.24) is 4.98 Å². The number of rotatable bonds is 4. The summed E-state index contributed by atoms with van der Waals surface area (Å²) >= 11 is 1.51. The van der Waals surface area contributed by atoms with Crippen LogP contribution in [0.4, 0.5) is 5.13 Å². The maximum Gasteiger partial charge on any atom is 0.183 e. The zero-order valence-electron chi connectivity index (χ0n) is 7.90. The van der Waals surface area contributed by atoms with E-state index in [1.54, 1.807) is 0 Å². The first-order chi connectivity index (χ1) is 7.25. The lowest BCUT2D eigenvalue weighted by molar-refractivity contribution is -0.305. The Bertz CT molecular complexity index is 448. The summed E-state index contributed by atoms with van der Waals surface area (Å²) in [5.41, 5.74) is 0.929.